The Kier molecular flexibility index (Phi) is 4.15. The van der Waals surface area contributed by atoms with Crippen LogP contribution in [0.5, 0.6) is 0 Å². The Morgan fingerprint density at radius 2 is 1.62 bits per heavy atom. The number of hydrogen-bond acceptors (Lipinski definition) is 3. The van der Waals surface area contributed by atoms with E-state index in [4.69, 9.17) is 40.6 Å². The summed E-state index contributed by atoms with van der Waals surface area (Å²) >= 11 is 16.4. The summed E-state index contributed by atoms with van der Waals surface area (Å²) in [6.07, 6.45) is 0. The van der Waals surface area contributed by atoms with E-state index in [1.165, 1.54) is 12.1 Å². The minimum absolute atomic E-state index is 0.00505. The van der Waals surface area contributed by atoms with Gasteiger partial charge in [-0.15, -0.1) is 0 Å². The summed E-state index contributed by atoms with van der Waals surface area (Å²) in [5.74, 6) is 3.56. The topological polar surface area (TPSA) is 72.2 Å². The summed E-state index contributed by atoms with van der Waals surface area (Å²) in [7, 11) is 0. The Bertz CT molecular complexity index is 429. The molecule has 0 aliphatic carbocycles. The van der Waals surface area contributed by atoms with Crippen molar-refractivity contribution in [2.75, 3.05) is 0 Å². The highest BCUT2D eigenvalue weighted by Crippen LogP contribution is 2.31. The molecule has 1 rings (SSSR count). The number of nitrogens with two attached hydrogens (primary N) is 1. The number of carbonyl (C=O) groups excluding carboxylic acids is 2. The van der Waals surface area contributed by atoms with E-state index in [-0.39, 0.29) is 11.1 Å². The monoisotopic (exact) mass is 280 g/mol. The Labute approximate surface area is 107 Å². The minimum atomic E-state index is -2.11. The summed E-state index contributed by atoms with van der Waals surface area (Å²) in [6.45, 7) is 0. The van der Waals surface area contributed by atoms with Crippen LogP contribution in [0.3, 0.4) is 0 Å². The third-order valence-electron chi connectivity index (χ3n) is 1.80. The molecule has 16 heavy (non-hydrogen) atoms. The molecule has 3 N–H and O–H groups in total. The molecule has 0 aromatic heterocycles. The first-order chi connectivity index (χ1) is 7.38. The summed E-state index contributed by atoms with van der Waals surface area (Å²) in [6, 6.07) is 5.91. The number of hydrogen-bond donors (Lipinski definition) is 2. The van der Waals surface area contributed by atoms with Crippen molar-refractivity contribution >= 4 is 46.5 Å². The molecule has 0 aliphatic heterocycles. The third kappa shape index (κ3) is 2.86. The van der Waals surface area contributed by atoms with E-state index in [0.717, 1.165) is 0 Å². The molecule has 0 bridgehead atoms. The molecular weight excluding hydrogens is 274 g/mol. The van der Waals surface area contributed by atoms with E-state index in [0.29, 0.717) is 0 Å². The van der Waals surface area contributed by atoms with Crippen molar-refractivity contribution in [3.8, 4) is 0 Å². The van der Waals surface area contributed by atoms with E-state index in [1.807, 2.05) is 5.43 Å². The first-order valence-electron chi connectivity index (χ1n) is 4.09. The number of benzene rings is 1. The maximum atomic E-state index is 11.7. The highest BCUT2D eigenvalue weighted by Gasteiger charge is 2.33. The molecule has 1 aromatic rings. The number of amides is 1. The molecule has 4 nitrogen and oxygen atoms in total. The molecule has 0 heterocycles. The number of Topliss-reactive ketones (excluding diaryl/α,β-unsaturated/α-hetero) is 1. The van der Waals surface area contributed by atoms with Gasteiger partial charge in [-0.05, 0) is 6.07 Å². The van der Waals surface area contributed by atoms with Gasteiger partial charge in [0, 0.05) is 5.56 Å². The van der Waals surface area contributed by atoms with Crippen molar-refractivity contribution in [2.24, 2.45) is 5.84 Å². The van der Waals surface area contributed by atoms with Gasteiger partial charge in [0.1, 0.15) is 0 Å². The van der Waals surface area contributed by atoms with Crippen LogP contribution in [0.25, 0.3) is 0 Å². The molecule has 0 radical (unpaired) electrons. The van der Waals surface area contributed by atoms with Crippen molar-refractivity contribution in [3.05, 3.63) is 35.4 Å². The van der Waals surface area contributed by atoms with Crippen LogP contribution in [-0.4, -0.2) is 15.5 Å². The predicted molar refractivity (Wildman–Crippen MR) is 62.7 cm³/mol. The molecule has 7 heteroatoms. The predicted octanol–water partition coefficient (Wildman–Crippen LogP) is 1.84. The van der Waals surface area contributed by atoms with Crippen molar-refractivity contribution in [1.82, 2.24) is 5.43 Å². The molecule has 0 aliphatic rings. The Morgan fingerprint density at radius 1 is 1.12 bits per heavy atom. The highest BCUT2D eigenvalue weighted by atomic mass is 35.6. The number of hydrazine groups is 1. The van der Waals surface area contributed by atoms with Crippen LogP contribution in [0.4, 0.5) is 0 Å². The van der Waals surface area contributed by atoms with E-state index < -0.39 is 15.5 Å². The zero-order valence-electron chi connectivity index (χ0n) is 7.84. The van der Waals surface area contributed by atoms with Crippen LogP contribution >= 0.6 is 34.8 Å². The lowest BCUT2D eigenvalue weighted by atomic mass is 10.0. The van der Waals surface area contributed by atoms with Gasteiger partial charge in [0.15, 0.2) is 0 Å². The van der Waals surface area contributed by atoms with Crippen molar-refractivity contribution in [3.63, 3.8) is 0 Å². The SMILES string of the molecule is NNC(=O)c1ccccc1C(=O)C(Cl)(Cl)Cl. The second-order valence-electron chi connectivity index (χ2n) is 2.85. The van der Waals surface area contributed by atoms with Gasteiger partial charge in [0.05, 0.1) is 5.56 Å². The van der Waals surface area contributed by atoms with Crippen LogP contribution < -0.4 is 11.3 Å². The van der Waals surface area contributed by atoms with Crippen molar-refractivity contribution in [1.29, 1.82) is 0 Å². The molecule has 0 saturated carbocycles. The summed E-state index contributed by atoms with van der Waals surface area (Å²) in [4.78, 5) is 23.0. The first kappa shape index (κ1) is 13.3. The standard InChI is InChI=1S/C9H7Cl3N2O2/c10-9(11,12)7(15)5-3-1-2-4-6(5)8(16)14-13/h1-4H,13H2,(H,14,16). The first-order valence-corrected chi connectivity index (χ1v) is 5.23. The molecule has 86 valence electrons. The lowest BCUT2D eigenvalue weighted by Crippen LogP contribution is -2.32. The Morgan fingerprint density at radius 3 is 2.06 bits per heavy atom. The van der Waals surface area contributed by atoms with Crippen molar-refractivity contribution < 1.29 is 9.59 Å². The molecule has 0 atom stereocenters. The fourth-order valence-electron chi connectivity index (χ4n) is 1.11. The van der Waals surface area contributed by atoms with Gasteiger partial charge < -0.3 is 0 Å². The van der Waals surface area contributed by atoms with Gasteiger partial charge in [-0.2, -0.15) is 0 Å². The summed E-state index contributed by atoms with van der Waals surface area (Å²) in [5.41, 5.74) is 1.97. The number of nitrogens with one attached hydrogen (secondary N) is 1. The van der Waals surface area contributed by atoms with Gasteiger partial charge in [-0.3, -0.25) is 15.0 Å². The molecule has 0 saturated heterocycles. The maximum Gasteiger partial charge on any atom is 0.265 e. The number of nitrogen functional groups attached to an aromatic ring is 1. The van der Waals surface area contributed by atoms with Crippen LogP contribution in [0.1, 0.15) is 20.7 Å². The smallest absolute Gasteiger partial charge is 0.265 e. The van der Waals surface area contributed by atoms with Gasteiger partial charge >= 0.3 is 0 Å². The van der Waals surface area contributed by atoms with Crippen molar-refractivity contribution in [2.45, 2.75) is 3.79 Å². The number of ketones is 1. The van der Waals surface area contributed by atoms with Crippen LogP contribution in [0.2, 0.25) is 0 Å². The minimum Gasteiger partial charge on any atom is -0.290 e. The zero-order valence-corrected chi connectivity index (χ0v) is 10.1. The van der Waals surface area contributed by atoms with Gasteiger partial charge in [0.2, 0.25) is 5.78 Å². The average molecular weight is 282 g/mol. The maximum absolute atomic E-state index is 11.7. The van der Waals surface area contributed by atoms with Crippen LogP contribution in [0, 0.1) is 0 Å². The number of alkyl halides is 3. The number of halogens is 3. The summed E-state index contributed by atoms with van der Waals surface area (Å²) in [5, 5.41) is 0. The van der Waals surface area contributed by atoms with E-state index in [9.17, 15) is 9.59 Å². The molecule has 1 amide bonds. The third-order valence-corrected chi connectivity index (χ3v) is 2.32. The number of rotatable bonds is 2. The lowest BCUT2D eigenvalue weighted by Gasteiger charge is -2.12. The molecule has 0 fully saturated rings. The average Bonchev–Trinajstić information content (AvgIpc) is 2.25. The Hall–Kier alpha value is -0.810. The molecule has 1 aromatic carbocycles. The molecule has 0 unspecified atom stereocenters. The lowest BCUT2D eigenvalue weighted by molar-refractivity contribution is 0.0935. The van der Waals surface area contributed by atoms with Gasteiger partial charge in [-0.25, -0.2) is 5.84 Å². The van der Waals surface area contributed by atoms with E-state index in [2.05, 4.69) is 0 Å². The Balaban J connectivity index is 3.24. The highest BCUT2D eigenvalue weighted by molar-refractivity contribution is 6.77. The second kappa shape index (κ2) is 5.01. The van der Waals surface area contributed by atoms with E-state index in [1.54, 1.807) is 12.1 Å². The summed E-state index contributed by atoms with van der Waals surface area (Å²) < 4.78 is -2.11. The molecule has 0 spiro atoms. The normalized spacial score (nSPS) is 11.0. The van der Waals surface area contributed by atoms with Crippen LogP contribution in [0.15, 0.2) is 24.3 Å². The second-order valence-corrected chi connectivity index (χ2v) is 5.13. The van der Waals surface area contributed by atoms with Gasteiger partial charge in [0.25, 0.3) is 9.70 Å². The van der Waals surface area contributed by atoms with Gasteiger partial charge in [-0.1, -0.05) is 53.0 Å². The van der Waals surface area contributed by atoms with E-state index >= 15 is 0 Å². The largest absolute Gasteiger partial charge is 0.290 e. The fourth-order valence-corrected chi connectivity index (χ4v) is 1.41. The fraction of sp³-hybridized carbons (Fsp3) is 0.111. The quantitative estimate of drug-likeness (QED) is 0.286. The number of carbonyl (C=O) groups is 2. The zero-order chi connectivity index (χ0) is 12.3. The van der Waals surface area contributed by atoms with Crippen LogP contribution in [-0.2, 0) is 0 Å². The molecular formula is C9H7Cl3N2O2.